The van der Waals surface area contributed by atoms with E-state index in [2.05, 4.69) is 51.2 Å². The van der Waals surface area contributed by atoms with Crippen LogP contribution in [0.4, 0.5) is 0 Å². The van der Waals surface area contributed by atoms with E-state index in [0.717, 1.165) is 12.8 Å². The molecule has 2 heteroatoms. The predicted octanol–water partition coefficient (Wildman–Crippen LogP) is 3.33. The van der Waals surface area contributed by atoms with E-state index >= 15 is 0 Å². The van der Waals surface area contributed by atoms with Gasteiger partial charge in [-0.15, -0.1) is 0 Å². The Morgan fingerprint density at radius 3 is 2.32 bits per heavy atom. The van der Waals surface area contributed by atoms with Crippen LogP contribution in [0.1, 0.15) is 56.3 Å². The van der Waals surface area contributed by atoms with Gasteiger partial charge >= 0.3 is 0 Å². The van der Waals surface area contributed by atoms with Gasteiger partial charge in [0.2, 0.25) is 0 Å². The van der Waals surface area contributed by atoms with Gasteiger partial charge in [-0.1, -0.05) is 39.0 Å². The molecule has 106 valence electrons. The van der Waals surface area contributed by atoms with Crippen molar-refractivity contribution in [3.8, 4) is 0 Å². The highest BCUT2D eigenvalue weighted by Gasteiger charge is 2.49. The van der Waals surface area contributed by atoms with Gasteiger partial charge in [-0.05, 0) is 48.9 Å². The molecule has 1 aromatic carbocycles. The van der Waals surface area contributed by atoms with Crippen LogP contribution in [-0.2, 0) is 5.41 Å². The Labute approximate surface area is 117 Å². The number of hydrogen-bond donors (Lipinski definition) is 2. The molecule has 1 unspecified atom stereocenters. The molecule has 1 aliphatic rings. The maximum atomic E-state index is 9.65. The van der Waals surface area contributed by atoms with Crippen LogP contribution in [0.3, 0.4) is 0 Å². The van der Waals surface area contributed by atoms with Gasteiger partial charge in [0.25, 0.3) is 0 Å². The molecule has 2 nitrogen and oxygen atoms in total. The molecule has 0 heterocycles. The van der Waals surface area contributed by atoms with Gasteiger partial charge in [0.1, 0.15) is 0 Å². The molecule has 1 aliphatic carbocycles. The number of benzene rings is 1. The molecule has 1 fully saturated rings. The van der Waals surface area contributed by atoms with Crippen molar-refractivity contribution in [2.75, 3.05) is 13.7 Å². The fraction of sp³-hybridized carbons (Fsp3) is 0.647. The molecule has 0 aliphatic heterocycles. The number of aryl methyl sites for hydroxylation is 1. The largest absolute Gasteiger partial charge is 0.396 e. The van der Waals surface area contributed by atoms with Gasteiger partial charge in [0.15, 0.2) is 0 Å². The SMILES string of the molecule is CNC(c1ccc(C(C)(C)C)cc1C)C1(CO)CC1. The molecule has 1 saturated carbocycles. The lowest BCUT2D eigenvalue weighted by Crippen LogP contribution is -2.30. The minimum absolute atomic E-state index is 0.0722. The Bertz CT molecular complexity index is 455. The van der Waals surface area contributed by atoms with Crippen LogP contribution >= 0.6 is 0 Å². The van der Waals surface area contributed by atoms with E-state index in [1.54, 1.807) is 0 Å². The number of hydrogen-bond acceptors (Lipinski definition) is 2. The van der Waals surface area contributed by atoms with Crippen LogP contribution in [0.25, 0.3) is 0 Å². The van der Waals surface area contributed by atoms with Crippen LogP contribution in [-0.4, -0.2) is 18.8 Å². The summed E-state index contributed by atoms with van der Waals surface area (Å²) in [7, 11) is 2.00. The fourth-order valence-electron chi connectivity index (χ4n) is 2.96. The molecular formula is C17H27NO. The number of aliphatic hydroxyl groups is 1. The molecule has 0 saturated heterocycles. The molecule has 1 atom stereocenters. The van der Waals surface area contributed by atoms with E-state index in [1.807, 2.05) is 7.05 Å². The molecule has 19 heavy (non-hydrogen) atoms. The van der Waals surface area contributed by atoms with Crippen LogP contribution in [0.5, 0.6) is 0 Å². The van der Waals surface area contributed by atoms with Gasteiger partial charge < -0.3 is 10.4 Å². The van der Waals surface area contributed by atoms with E-state index < -0.39 is 0 Å². The lowest BCUT2D eigenvalue weighted by atomic mass is 9.82. The zero-order valence-corrected chi connectivity index (χ0v) is 12.9. The third kappa shape index (κ3) is 2.70. The van der Waals surface area contributed by atoms with Crippen molar-refractivity contribution in [1.82, 2.24) is 5.32 Å². The van der Waals surface area contributed by atoms with Crippen LogP contribution < -0.4 is 5.32 Å². The Morgan fingerprint density at radius 1 is 1.32 bits per heavy atom. The fourth-order valence-corrected chi connectivity index (χ4v) is 2.96. The third-order valence-corrected chi connectivity index (χ3v) is 4.55. The minimum atomic E-state index is 0.0722. The summed E-state index contributed by atoms with van der Waals surface area (Å²) in [6, 6.07) is 7.05. The van der Waals surface area contributed by atoms with Gasteiger partial charge in [-0.3, -0.25) is 0 Å². The first-order chi connectivity index (χ1) is 8.84. The second-order valence-corrected chi connectivity index (χ2v) is 7.06. The highest BCUT2D eigenvalue weighted by molar-refractivity contribution is 5.38. The summed E-state index contributed by atoms with van der Waals surface area (Å²) >= 11 is 0. The minimum Gasteiger partial charge on any atom is -0.396 e. The van der Waals surface area contributed by atoms with Crippen molar-refractivity contribution < 1.29 is 5.11 Å². The van der Waals surface area contributed by atoms with E-state index in [9.17, 15) is 5.11 Å². The zero-order valence-electron chi connectivity index (χ0n) is 12.9. The highest BCUT2D eigenvalue weighted by atomic mass is 16.3. The summed E-state index contributed by atoms with van der Waals surface area (Å²) in [6.45, 7) is 9.19. The Hall–Kier alpha value is -0.860. The third-order valence-electron chi connectivity index (χ3n) is 4.55. The normalized spacial score (nSPS) is 19.3. The Balaban J connectivity index is 2.35. The number of aliphatic hydroxyl groups excluding tert-OH is 1. The molecule has 0 radical (unpaired) electrons. The van der Waals surface area contributed by atoms with E-state index in [4.69, 9.17) is 0 Å². The van der Waals surface area contributed by atoms with Crippen molar-refractivity contribution in [3.05, 3.63) is 34.9 Å². The summed E-state index contributed by atoms with van der Waals surface area (Å²) in [6.07, 6.45) is 2.24. The summed E-state index contributed by atoms with van der Waals surface area (Å²) < 4.78 is 0. The van der Waals surface area contributed by atoms with Crippen LogP contribution in [0.15, 0.2) is 18.2 Å². The first-order valence-corrected chi connectivity index (χ1v) is 7.23. The maximum Gasteiger partial charge on any atom is 0.0505 e. The maximum absolute atomic E-state index is 9.65. The second kappa shape index (κ2) is 4.92. The number of nitrogens with one attached hydrogen (secondary N) is 1. The monoisotopic (exact) mass is 261 g/mol. The van der Waals surface area contributed by atoms with E-state index in [1.165, 1.54) is 16.7 Å². The molecule has 2 N–H and O–H groups in total. The van der Waals surface area contributed by atoms with Gasteiger partial charge in [0.05, 0.1) is 6.61 Å². The number of rotatable bonds is 4. The second-order valence-electron chi connectivity index (χ2n) is 7.06. The first-order valence-electron chi connectivity index (χ1n) is 7.23. The molecule has 1 aromatic rings. The van der Waals surface area contributed by atoms with Gasteiger partial charge in [-0.25, -0.2) is 0 Å². The van der Waals surface area contributed by atoms with Crippen molar-refractivity contribution in [2.24, 2.45) is 5.41 Å². The summed E-state index contributed by atoms with van der Waals surface area (Å²) in [5.74, 6) is 0. The summed E-state index contributed by atoms with van der Waals surface area (Å²) in [5, 5.41) is 13.1. The molecule has 0 amide bonds. The van der Waals surface area contributed by atoms with Crippen LogP contribution in [0, 0.1) is 12.3 Å². The van der Waals surface area contributed by atoms with Gasteiger partial charge in [0, 0.05) is 11.5 Å². The molecule has 2 rings (SSSR count). The van der Waals surface area contributed by atoms with E-state index in [0.29, 0.717) is 0 Å². The highest BCUT2D eigenvalue weighted by Crippen LogP contribution is 2.54. The zero-order chi connectivity index (χ0) is 14.3. The molecule has 0 bridgehead atoms. The van der Waals surface area contributed by atoms with Crippen molar-refractivity contribution >= 4 is 0 Å². The first kappa shape index (κ1) is 14.5. The molecular weight excluding hydrogens is 234 g/mol. The quantitative estimate of drug-likeness (QED) is 0.871. The smallest absolute Gasteiger partial charge is 0.0505 e. The standard InChI is InChI=1S/C17H27NO/c1-12-10-13(16(2,3)4)6-7-14(12)15(18-5)17(11-19)8-9-17/h6-7,10,15,18-19H,8-9,11H2,1-5H3. The Kier molecular flexibility index (Phi) is 3.76. The lowest BCUT2D eigenvalue weighted by molar-refractivity contribution is 0.175. The van der Waals surface area contributed by atoms with E-state index in [-0.39, 0.29) is 23.5 Å². The Morgan fingerprint density at radius 2 is 1.95 bits per heavy atom. The average Bonchev–Trinajstić information content (AvgIpc) is 3.12. The molecule has 0 spiro atoms. The molecule has 0 aromatic heterocycles. The topological polar surface area (TPSA) is 32.3 Å². The lowest BCUT2D eigenvalue weighted by Gasteiger charge is -2.28. The van der Waals surface area contributed by atoms with Crippen molar-refractivity contribution in [1.29, 1.82) is 0 Å². The average molecular weight is 261 g/mol. The van der Waals surface area contributed by atoms with Crippen LogP contribution in [0.2, 0.25) is 0 Å². The predicted molar refractivity (Wildman–Crippen MR) is 80.4 cm³/mol. The van der Waals surface area contributed by atoms with Crippen molar-refractivity contribution in [3.63, 3.8) is 0 Å². The summed E-state index contributed by atoms with van der Waals surface area (Å²) in [4.78, 5) is 0. The summed E-state index contributed by atoms with van der Waals surface area (Å²) in [5.41, 5.74) is 4.29. The van der Waals surface area contributed by atoms with Crippen molar-refractivity contribution in [2.45, 2.75) is 52.0 Å². The van der Waals surface area contributed by atoms with Gasteiger partial charge in [-0.2, -0.15) is 0 Å².